The molecule has 0 aliphatic heterocycles. The molecule has 2 aliphatic rings. The molecule has 1 saturated carbocycles. The lowest BCUT2D eigenvalue weighted by molar-refractivity contribution is 0.225. The Labute approximate surface area is 127 Å². The number of nitrogens with zero attached hydrogens (tertiary/aromatic N) is 2. The van der Waals surface area contributed by atoms with Crippen molar-refractivity contribution in [2.75, 3.05) is 7.05 Å². The van der Waals surface area contributed by atoms with Gasteiger partial charge in [0, 0.05) is 23.7 Å². The van der Waals surface area contributed by atoms with Crippen LogP contribution in [0, 0.1) is 5.41 Å². The van der Waals surface area contributed by atoms with Gasteiger partial charge in [0.1, 0.15) is 5.69 Å². The smallest absolute Gasteiger partial charge is 0.114 e. The monoisotopic (exact) mass is 283 g/mol. The highest BCUT2D eigenvalue weighted by Gasteiger charge is 2.61. The Morgan fingerprint density at radius 3 is 2.76 bits per heavy atom. The molecular weight excluding hydrogens is 258 g/mol. The average molecular weight is 283 g/mol. The number of rotatable bonds is 3. The van der Waals surface area contributed by atoms with E-state index in [0.29, 0.717) is 11.3 Å². The molecule has 3 heteroatoms. The zero-order chi connectivity index (χ0) is 15.4. The van der Waals surface area contributed by atoms with Crippen LogP contribution in [0.1, 0.15) is 63.4 Å². The maximum atomic E-state index is 4.63. The molecule has 2 unspecified atom stereocenters. The van der Waals surface area contributed by atoms with Gasteiger partial charge in [-0.05, 0) is 36.7 Å². The first-order chi connectivity index (χ1) is 9.88. The topological polar surface area (TPSA) is 41.0 Å². The zero-order valence-electron chi connectivity index (χ0n) is 13.7. The van der Waals surface area contributed by atoms with E-state index in [4.69, 9.17) is 0 Å². The number of fused-ring (bicyclic) bond motifs is 5. The summed E-state index contributed by atoms with van der Waals surface area (Å²) in [5.74, 6) is 0.583. The Kier molecular flexibility index (Phi) is 3.01. The van der Waals surface area contributed by atoms with Crippen LogP contribution >= 0.6 is 0 Å². The summed E-state index contributed by atoms with van der Waals surface area (Å²) in [6.07, 6.45) is 6.32. The minimum atomic E-state index is 0.215. The number of nitrogens with one attached hydrogen (secondary N) is 1. The highest BCUT2D eigenvalue weighted by Crippen LogP contribution is 2.67. The molecule has 1 heterocycles. The van der Waals surface area contributed by atoms with Gasteiger partial charge in [-0.25, -0.2) is 0 Å². The first kappa shape index (κ1) is 14.3. The van der Waals surface area contributed by atoms with E-state index in [1.54, 1.807) is 0 Å². The van der Waals surface area contributed by atoms with E-state index in [2.05, 4.69) is 49.5 Å². The van der Waals surface area contributed by atoms with Crippen LogP contribution in [0.25, 0.3) is 0 Å². The molecule has 1 aromatic rings. The van der Waals surface area contributed by atoms with Crippen molar-refractivity contribution in [3.63, 3.8) is 0 Å². The van der Waals surface area contributed by atoms with Gasteiger partial charge >= 0.3 is 0 Å². The molecule has 21 heavy (non-hydrogen) atoms. The lowest BCUT2D eigenvalue weighted by Gasteiger charge is -2.34. The lowest BCUT2D eigenvalue weighted by Crippen LogP contribution is -2.32. The largest absolute Gasteiger partial charge is 0.286 e. The number of hydrogen-bond donors (Lipinski definition) is 1. The minimum absolute atomic E-state index is 0.215. The van der Waals surface area contributed by atoms with Crippen molar-refractivity contribution in [2.24, 2.45) is 10.4 Å². The van der Waals surface area contributed by atoms with Crippen molar-refractivity contribution in [1.29, 1.82) is 0 Å². The van der Waals surface area contributed by atoms with Gasteiger partial charge in [0.15, 0.2) is 0 Å². The van der Waals surface area contributed by atoms with Crippen molar-refractivity contribution in [2.45, 2.75) is 51.9 Å². The fraction of sp³-hybridized carbons (Fsp3) is 0.556. The molecule has 3 nitrogen and oxygen atoms in total. The van der Waals surface area contributed by atoms with Crippen LogP contribution in [-0.4, -0.2) is 23.0 Å². The van der Waals surface area contributed by atoms with Crippen molar-refractivity contribution in [3.05, 3.63) is 41.3 Å². The Morgan fingerprint density at radius 1 is 1.43 bits per heavy atom. The summed E-state index contributed by atoms with van der Waals surface area (Å²) in [4.78, 5) is 4.50. The van der Waals surface area contributed by atoms with Gasteiger partial charge in [0.05, 0.1) is 5.71 Å². The second-order valence-corrected chi connectivity index (χ2v) is 7.16. The molecule has 1 N–H and O–H groups in total. The van der Waals surface area contributed by atoms with Gasteiger partial charge in [-0.15, -0.1) is 0 Å². The Balaban J connectivity index is 2.16. The molecular formula is C18H25N3. The van der Waals surface area contributed by atoms with Crippen LogP contribution < -0.4 is 0 Å². The first-order valence-electron chi connectivity index (χ1n) is 7.74. The standard InChI is InChI=1S/C18H25N3/c1-7-8-11(2)14(19-6)15-13-12-9-10-18(5,17(12,3)4)16(13)21-20-15/h7-8,12H,1,9-10H2,2-6H3,(H,20,21)/b11-8+,19-14?. The van der Waals surface area contributed by atoms with E-state index >= 15 is 0 Å². The predicted octanol–water partition coefficient (Wildman–Crippen LogP) is 4.14. The molecule has 0 spiro atoms. The zero-order valence-corrected chi connectivity index (χ0v) is 13.7. The van der Waals surface area contributed by atoms with Crippen LogP contribution in [0.15, 0.2) is 29.3 Å². The number of allylic oxidation sites excluding steroid dienone is 3. The van der Waals surface area contributed by atoms with Gasteiger partial charge in [-0.1, -0.05) is 39.5 Å². The van der Waals surface area contributed by atoms with E-state index in [0.717, 1.165) is 17.0 Å². The molecule has 0 saturated heterocycles. The number of aliphatic imine (C=N–C) groups is 1. The third-order valence-electron chi connectivity index (χ3n) is 6.12. The lowest BCUT2D eigenvalue weighted by atomic mass is 9.70. The van der Waals surface area contributed by atoms with E-state index in [1.165, 1.54) is 24.1 Å². The maximum absolute atomic E-state index is 4.63. The third kappa shape index (κ3) is 1.60. The molecule has 0 aromatic carbocycles. The van der Waals surface area contributed by atoms with E-state index in [9.17, 15) is 0 Å². The van der Waals surface area contributed by atoms with Gasteiger partial charge in [0.2, 0.25) is 0 Å². The Hall–Kier alpha value is -1.64. The van der Waals surface area contributed by atoms with Gasteiger partial charge in [-0.3, -0.25) is 10.1 Å². The summed E-state index contributed by atoms with van der Waals surface area (Å²) < 4.78 is 0. The van der Waals surface area contributed by atoms with E-state index < -0.39 is 0 Å². The molecule has 2 atom stereocenters. The molecule has 0 amide bonds. The van der Waals surface area contributed by atoms with Crippen molar-refractivity contribution in [3.8, 4) is 0 Å². The van der Waals surface area contributed by atoms with Gasteiger partial charge in [0.25, 0.3) is 0 Å². The Morgan fingerprint density at radius 2 is 2.14 bits per heavy atom. The normalized spacial score (nSPS) is 30.6. The molecule has 112 valence electrons. The minimum Gasteiger partial charge on any atom is -0.286 e. The number of hydrogen-bond acceptors (Lipinski definition) is 2. The van der Waals surface area contributed by atoms with Crippen molar-refractivity contribution in [1.82, 2.24) is 10.2 Å². The van der Waals surface area contributed by atoms with Crippen molar-refractivity contribution >= 4 is 5.71 Å². The van der Waals surface area contributed by atoms with Gasteiger partial charge in [-0.2, -0.15) is 5.10 Å². The van der Waals surface area contributed by atoms with E-state index in [-0.39, 0.29) is 5.41 Å². The molecule has 1 aromatic heterocycles. The number of H-pyrrole nitrogens is 1. The summed E-state index contributed by atoms with van der Waals surface area (Å²) in [6, 6.07) is 0. The molecule has 1 fully saturated rings. The number of aromatic nitrogens is 2. The fourth-order valence-corrected chi connectivity index (χ4v) is 4.47. The summed E-state index contributed by atoms with van der Waals surface area (Å²) in [5.41, 5.74) is 6.41. The predicted molar refractivity (Wildman–Crippen MR) is 88.1 cm³/mol. The first-order valence-corrected chi connectivity index (χ1v) is 7.74. The molecule has 2 aliphatic carbocycles. The summed E-state index contributed by atoms with van der Waals surface area (Å²) >= 11 is 0. The molecule has 3 rings (SSSR count). The third-order valence-corrected chi connectivity index (χ3v) is 6.12. The number of aromatic amines is 1. The highest BCUT2D eigenvalue weighted by atomic mass is 15.1. The van der Waals surface area contributed by atoms with Crippen LogP contribution in [0.5, 0.6) is 0 Å². The van der Waals surface area contributed by atoms with Crippen LogP contribution in [0.4, 0.5) is 0 Å². The SMILES string of the molecule is C=C/C=C(\C)C(=NC)c1n[nH]c2c1C1CCC2(C)C1(C)C. The average Bonchev–Trinajstić information content (AvgIpc) is 2.99. The second kappa shape index (κ2) is 4.43. The quantitative estimate of drug-likeness (QED) is 0.657. The highest BCUT2D eigenvalue weighted by molar-refractivity contribution is 6.12. The van der Waals surface area contributed by atoms with Crippen LogP contribution in [0.3, 0.4) is 0 Å². The van der Waals surface area contributed by atoms with Crippen molar-refractivity contribution < 1.29 is 0 Å². The van der Waals surface area contributed by atoms with Crippen LogP contribution in [-0.2, 0) is 5.41 Å². The van der Waals surface area contributed by atoms with Crippen LogP contribution in [0.2, 0.25) is 0 Å². The second-order valence-electron chi connectivity index (χ2n) is 7.16. The van der Waals surface area contributed by atoms with E-state index in [1.807, 2.05) is 19.2 Å². The molecule has 2 bridgehead atoms. The summed E-state index contributed by atoms with van der Waals surface area (Å²) in [7, 11) is 1.84. The Bertz CT molecular complexity index is 660. The summed E-state index contributed by atoms with van der Waals surface area (Å²) in [5, 5.41) is 7.97. The fourth-order valence-electron chi connectivity index (χ4n) is 4.47. The van der Waals surface area contributed by atoms with Gasteiger partial charge < -0.3 is 0 Å². The molecule has 0 radical (unpaired) electrons. The summed E-state index contributed by atoms with van der Waals surface area (Å²) in [6.45, 7) is 13.0. The maximum Gasteiger partial charge on any atom is 0.114 e.